The molecule has 1 aliphatic rings. The third-order valence-corrected chi connectivity index (χ3v) is 5.29. The molecule has 7 heteroatoms. The Kier molecular flexibility index (Phi) is 3.78. The highest BCUT2D eigenvalue weighted by molar-refractivity contribution is 7.91. The van der Waals surface area contributed by atoms with Gasteiger partial charge in [-0.25, -0.2) is 13.3 Å². The van der Waals surface area contributed by atoms with Gasteiger partial charge >= 0.3 is 0 Å². The first-order valence-corrected chi connectivity index (χ1v) is 8.14. The first-order valence-electron chi connectivity index (χ1n) is 6.66. The van der Waals surface area contributed by atoms with Gasteiger partial charge in [0.25, 0.3) is 0 Å². The van der Waals surface area contributed by atoms with E-state index in [2.05, 4.69) is 0 Å². The molecule has 1 heterocycles. The molecule has 2 aromatic carbocycles. The van der Waals surface area contributed by atoms with Gasteiger partial charge in [-0.05, 0) is 48.0 Å². The number of fused-ring (bicyclic) bond motifs is 1. The van der Waals surface area contributed by atoms with E-state index in [1.54, 1.807) is 18.2 Å². The summed E-state index contributed by atoms with van der Waals surface area (Å²) < 4.78 is 30.3. The summed E-state index contributed by atoms with van der Waals surface area (Å²) in [7, 11) is -2.09. The van der Waals surface area contributed by atoms with E-state index >= 15 is 0 Å². The van der Waals surface area contributed by atoms with E-state index in [9.17, 15) is 13.6 Å². The molecule has 0 fully saturated rings. The van der Waals surface area contributed by atoms with Crippen LogP contribution in [0.2, 0.25) is 0 Å². The molecule has 0 saturated carbocycles. The fourth-order valence-corrected chi connectivity index (χ4v) is 3.63. The highest BCUT2D eigenvalue weighted by Gasteiger charge is 2.22. The summed E-state index contributed by atoms with van der Waals surface area (Å²) in [4.78, 5) is 5.35. The number of sulfone groups is 1. The predicted octanol–water partition coefficient (Wildman–Crippen LogP) is 2.21. The molecule has 0 atom stereocenters. The number of benzene rings is 2. The molecule has 3 rings (SSSR count). The maximum Gasteiger partial charge on any atom is 0.206 e. The van der Waals surface area contributed by atoms with Gasteiger partial charge in [-0.3, -0.25) is 5.21 Å². The van der Waals surface area contributed by atoms with Gasteiger partial charge in [0.2, 0.25) is 9.84 Å². The van der Waals surface area contributed by atoms with Crippen LogP contribution in [0.1, 0.15) is 5.56 Å². The molecule has 116 valence electrons. The highest BCUT2D eigenvalue weighted by atomic mass is 32.2. The van der Waals surface area contributed by atoms with Crippen molar-refractivity contribution in [3.05, 3.63) is 48.0 Å². The molecule has 6 nitrogen and oxygen atoms in total. The zero-order valence-corrected chi connectivity index (χ0v) is 12.7. The lowest BCUT2D eigenvalue weighted by molar-refractivity contribution is -0.0473. The van der Waals surface area contributed by atoms with Gasteiger partial charge in [0.15, 0.2) is 0 Å². The second-order valence-electron chi connectivity index (χ2n) is 4.83. The Balaban J connectivity index is 2.01. The summed E-state index contributed by atoms with van der Waals surface area (Å²) in [6, 6.07) is 10.8. The Morgan fingerprint density at radius 2 is 1.82 bits per heavy atom. The molecule has 0 bridgehead atoms. The minimum Gasteiger partial charge on any atom is -0.497 e. The molecular weight excluding hydrogens is 306 g/mol. The van der Waals surface area contributed by atoms with Crippen LogP contribution in [0.3, 0.4) is 0 Å². The van der Waals surface area contributed by atoms with Crippen LogP contribution in [0.4, 0.5) is 5.69 Å². The molecule has 1 N–H and O–H groups in total. The first kappa shape index (κ1) is 14.8. The second kappa shape index (κ2) is 5.60. The van der Waals surface area contributed by atoms with E-state index in [-0.39, 0.29) is 9.79 Å². The van der Waals surface area contributed by atoms with Crippen molar-refractivity contribution in [3.63, 3.8) is 0 Å². The summed E-state index contributed by atoms with van der Waals surface area (Å²) in [6.45, 7) is 0.301. The Labute approximate surface area is 128 Å². The third-order valence-electron chi connectivity index (χ3n) is 3.52. The largest absolute Gasteiger partial charge is 0.497 e. The zero-order valence-electron chi connectivity index (χ0n) is 11.9. The highest BCUT2D eigenvalue weighted by Crippen LogP contribution is 2.30. The summed E-state index contributed by atoms with van der Waals surface area (Å²) >= 11 is 0. The lowest BCUT2D eigenvalue weighted by Gasteiger charge is -2.24. The van der Waals surface area contributed by atoms with Crippen molar-refractivity contribution in [1.29, 1.82) is 0 Å². The Morgan fingerprint density at radius 3 is 2.50 bits per heavy atom. The fourth-order valence-electron chi connectivity index (χ4n) is 2.32. The number of hydrogen-bond donors (Lipinski definition) is 1. The van der Waals surface area contributed by atoms with Crippen LogP contribution >= 0.6 is 0 Å². The molecule has 0 amide bonds. The van der Waals surface area contributed by atoms with Crippen LogP contribution in [-0.4, -0.2) is 27.3 Å². The molecule has 0 radical (unpaired) electrons. The zero-order chi connectivity index (χ0) is 15.7. The molecule has 1 aliphatic heterocycles. The molecule has 0 saturated heterocycles. The van der Waals surface area contributed by atoms with E-state index < -0.39 is 9.84 Å². The van der Waals surface area contributed by atoms with Crippen LogP contribution in [-0.2, 0) is 21.1 Å². The number of methoxy groups -OCH3 is 1. The molecular formula is C15H15NO5S. The van der Waals surface area contributed by atoms with Gasteiger partial charge in [0.1, 0.15) is 5.75 Å². The summed E-state index contributed by atoms with van der Waals surface area (Å²) in [5.74, 6) is 0.595. The van der Waals surface area contributed by atoms with Crippen molar-refractivity contribution in [3.8, 4) is 5.75 Å². The summed E-state index contributed by atoms with van der Waals surface area (Å²) in [5, 5.41) is 10.2. The monoisotopic (exact) mass is 321 g/mol. The number of anilines is 1. The Bertz CT molecular complexity index is 786. The van der Waals surface area contributed by atoms with Crippen molar-refractivity contribution < 1.29 is 23.2 Å². The topological polar surface area (TPSA) is 76.1 Å². The molecule has 22 heavy (non-hydrogen) atoms. The van der Waals surface area contributed by atoms with Crippen LogP contribution in [0.5, 0.6) is 5.75 Å². The van der Waals surface area contributed by atoms with Gasteiger partial charge in [-0.15, -0.1) is 5.23 Å². The average molecular weight is 321 g/mol. The third kappa shape index (κ3) is 2.54. The minimum absolute atomic E-state index is 0.187. The predicted molar refractivity (Wildman–Crippen MR) is 78.8 cm³/mol. The maximum absolute atomic E-state index is 12.7. The molecule has 0 aliphatic carbocycles. The quantitative estimate of drug-likeness (QED) is 0.934. The van der Waals surface area contributed by atoms with Crippen LogP contribution in [0.25, 0.3) is 0 Å². The van der Waals surface area contributed by atoms with E-state index in [0.29, 0.717) is 29.7 Å². The van der Waals surface area contributed by atoms with Crippen molar-refractivity contribution in [1.82, 2.24) is 0 Å². The van der Waals surface area contributed by atoms with E-state index in [1.165, 1.54) is 31.4 Å². The lowest BCUT2D eigenvalue weighted by atomic mass is 10.1. The molecule has 2 aromatic rings. The standard InChI is InChI=1S/C15H15NO5S/c1-20-12-2-4-13(5-3-12)22(18,19)14-6-7-15-11(10-14)8-9-21-16(15)17/h2-7,10,17H,8-9H2,1H3. The number of hydrogen-bond acceptors (Lipinski definition) is 6. The van der Waals surface area contributed by atoms with Gasteiger partial charge in [-0.2, -0.15) is 0 Å². The van der Waals surface area contributed by atoms with E-state index in [0.717, 1.165) is 5.56 Å². The lowest BCUT2D eigenvalue weighted by Crippen LogP contribution is -2.26. The van der Waals surface area contributed by atoms with Gasteiger partial charge in [0.05, 0.1) is 29.2 Å². The van der Waals surface area contributed by atoms with Crippen molar-refractivity contribution in [2.24, 2.45) is 0 Å². The Hall–Kier alpha value is -2.09. The molecule has 0 spiro atoms. The summed E-state index contributed by atoms with van der Waals surface area (Å²) in [6.07, 6.45) is 0.540. The first-order chi connectivity index (χ1) is 10.5. The van der Waals surface area contributed by atoms with Crippen molar-refractivity contribution >= 4 is 15.5 Å². The van der Waals surface area contributed by atoms with Gasteiger partial charge < -0.3 is 4.74 Å². The van der Waals surface area contributed by atoms with Crippen molar-refractivity contribution in [2.45, 2.75) is 16.2 Å². The number of nitrogens with zero attached hydrogens (tertiary/aromatic N) is 1. The number of ether oxygens (including phenoxy) is 1. The molecule has 0 unspecified atom stereocenters. The van der Waals surface area contributed by atoms with Crippen molar-refractivity contribution in [2.75, 3.05) is 18.9 Å². The normalized spacial score (nSPS) is 14.5. The Morgan fingerprint density at radius 1 is 1.14 bits per heavy atom. The summed E-state index contributed by atoms with van der Waals surface area (Å²) in [5.41, 5.74) is 1.18. The van der Waals surface area contributed by atoms with Crippen LogP contribution < -0.4 is 9.96 Å². The maximum atomic E-state index is 12.7. The van der Waals surface area contributed by atoms with E-state index in [4.69, 9.17) is 9.57 Å². The van der Waals surface area contributed by atoms with E-state index in [1.807, 2.05) is 0 Å². The van der Waals surface area contributed by atoms with Gasteiger partial charge in [0, 0.05) is 6.42 Å². The molecule has 0 aromatic heterocycles. The van der Waals surface area contributed by atoms with Gasteiger partial charge in [-0.1, -0.05) is 0 Å². The van der Waals surface area contributed by atoms with Crippen LogP contribution in [0, 0.1) is 0 Å². The smallest absolute Gasteiger partial charge is 0.206 e. The van der Waals surface area contributed by atoms with Crippen LogP contribution in [0.15, 0.2) is 52.3 Å². The average Bonchev–Trinajstić information content (AvgIpc) is 2.55. The second-order valence-corrected chi connectivity index (χ2v) is 6.78. The number of rotatable bonds is 3. The minimum atomic E-state index is -3.61. The fraction of sp³-hybridized carbons (Fsp3) is 0.200. The SMILES string of the molecule is COc1ccc(S(=O)(=O)c2ccc3c(c2)CCON3O)cc1.